The maximum atomic E-state index is 5.62. The Hall–Kier alpha value is -3.60. The van der Waals surface area contributed by atoms with Gasteiger partial charge in [0.15, 0.2) is 5.96 Å². The monoisotopic (exact) mass is 399 g/mol. The summed E-state index contributed by atoms with van der Waals surface area (Å²) in [5.74, 6) is 0.759. The lowest BCUT2D eigenvalue weighted by atomic mass is 9.97. The first-order valence-electron chi connectivity index (χ1n) is 10.1. The lowest BCUT2D eigenvalue weighted by Gasteiger charge is -2.08. The Bertz CT molecular complexity index is 943. The highest BCUT2D eigenvalue weighted by atomic mass is 15.0. The summed E-state index contributed by atoms with van der Waals surface area (Å²) in [7, 11) is 0. The molecule has 0 unspecified atom stereocenters. The van der Waals surface area contributed by atoms with E-state index in [1.807, 2.05) is 6.92 Å². The van der Waals surface area contributed by atoms with E-state index in [9.17, 15) is 0 Å². The number of hydrogen-bond donors (Lipinski definition) is 3. The number of benzene rings is 3. The largest absolute Gasteiger partial charge is 0.388 e. The zero-order valence-electron chi connectivity index (χ0n) is 17.4. The van der Waals surface area contributed by atoms with E-state index in [4.69, 9.17) is 17.2 Å². The number of rotatable bonds is 8. The summed E-state index contributed by atoms with van der Waals surface area (Å²) in [5, 5.41) is 0. The van der Waals surface area contributed by atoms with Crippen LogP contribution in [0.1, 0.15) is 18.1 Å². The van der Waals surface area contributed by atoms with Crippen LogP contribution >= 0.6 is 0 Å². The SMILES string of the molecule is CC(N)=NCCc1cccc(-c2ccc(-c3cccc(CCN=C(N)N)c3)cc2)c1. The molecule has 154 valence electrons. The molecule has 0 radical (unpaired) electrons. The molecule has 0 aliphatic rings. The molecule has 0 spiro atoms. The van der Waals surface area contributed by atoms with E-state index in [-0.39, 0.29) is 5.96 Å². The van der Waals surface area contributed by atoms with E-state index in [2.05, 4.69) is 82.8 Å². The smallest absolute Gasteiger partial charge is 0.185 e. The molecule has 3 rings (SSSR count). The Morgan fingerprint density at radius 3 is 1.53 bits per heavy atom. The molecule has 0 saturated carbocycles. The number of nitrogens with two attached hydrogens (primary N) is 3. The molecule has 0 aliphatic heterocycles. The molecule has 0 bridgehead atoms. The summed E-state index contributed by atoms with van der Waals surface area (Å²) in [6, 6.07) is 25.7. The van der Waals surface area contributed by atoms with Gasteiger partial charge in [0.25, 0.3) is 0 Å². The van der Waals surface area contributed by atoms with E-state index in [0.717, 1.165) is 12.8 Å². The second-order valence-electron chi connectivity index (χ2n) is 7.31. The van der Waals surface area contributed by atoms with Gasteiger partial charge in [-0.25, -0.2) is 0 Å². The van der Waals surface area contributed by atoms with Crippen molar-refractivity contribution >= 4 is 11.8 Å². The van der Waals surface area contributed by atoms with Crippen molar-refractivity contribution < 1.29 is 0 Å². The van der Waals surface area contributed by atoms with Crippen LogP contribution in [0.3, 0.4) is 0 Å². The lowest BCUT2D eigenvalue weighted by Crippen LogP contribution is -2.23. The third-order valence-electron chi connectivity index (χ3n) is 4.86. The van der Waals surface area contributed by atoms with Crippen molar-refractivity contribution in [3.8, 4) is 22.3 Å². The minimum absolute atomic E-state index is 0.132. The van der Waals surface area contributed by atoms with Gasteiger partial charge >= 0.3 is 0 Å². The molecule has 0 aliphatic carbocycles. The van der Waals surface area contributed by atoms with Gasteiger partial charge in [-0.05, 0) is 53.1 Å². The van der Waals surface area contributed by atoms with E-state index in [1.165, 1.54) is 33.4 Å². The molecule has 6 N–H and O–H groups in total. The molecule has 30 heavy (non-hydrogen) atoms. The Balaban J connectivity index is 1.72. The molecule has 3 aromatic rings. The Labute approximate surface area is 178 Å². The van der Waals surface area contributed by atoms with Crippen molar-refractivity contribution in [2.24, 2.45) is 27.2 Å². The zero-order chi connectivity index (χ0) is 21.3. The molecule has 0 atom stereocenters. The topological polar surface area (TPSA) is 103 Å². The number of hydrogen-bond acceptors (Lipinski definition) is 2. The van der Waals surface area contributed by atoms with Gasteiger partial charge in [0.1, 0.15) is 0 Å². The van der Waals surface area contributed by atoms with E-state index in [0.29, 0.717) is 18.9 Å². The van der Waals surface area contributed by atoms with Gasteiger partial charge in [0.2, 0.25) is 0 Å². The third-order valence-corrected chi connectivity index (χ3v) is 4.86. The normalized spacial score (nSPS) is 11.3. The van der Waals surface area contributed by atoms with Crippen LogP contribution in [0.2, 0.25) is 0 Å². The molecular formula is C25H29N5. The summed E-state index contributed by atoms with van der Waals surface area (Å²) in [6.45, 7) is 3.12. The highest BCUT2D eigenvalue weighted by Gasteiger charge is 2.03. The van der Waals surface area contributed by atoms with Crippen molar-refractivity contribution in [1.29, 1.82) is 0 Å². The van der Waals surface area contributed by atoms with Crippen LogP contribution in [0.4, 0.5) is 0 Å². The van der Waals surface area contributed by atoms with Crippen LogP contribution < -0.4 is 17.2 Å². The summed E-state index contributed by atoms with van der Waals surface area (Å²) in [5.41, 5.74) is 23.7. The molecule has 0 saturated heterocycles. The molecule has 3 aromatic carbocycles. The first-order valence-corrected chi connectivity index (χ1v) is 10.1. The van der Waals surface area contributed by atoms with Crippen molar-refractivity contribution in [2.75, 3.05) is 13.1 Å². The fourth-order valence-electron chi connectivity index (χ4n) is 3.34. The van der Waals surface area contributed by atoms with Crippen LogP contribution in [0, 0.1) is 0 Å². The highest BCUT2D eigenvalue weighted by Crippen LogP contribution is 2.26. The fraction of sp³-hybridized carbons (Fsp3) is 0.200. The average Bonchev–Trinajstić information content (AvgIpc) is 2.74. The van der Waals surface area contributed by atoms with Crippen molar-refractivity contribution in [2.45, 2.75) is 19.8 Å². The van der Waals surface area contributed by atoms with Gasteiger partial charge in [-0.15, -0.1) is 0 Å². The van der Waals surface area contributed by atoms with Crippen LogP contribution in [-0.2, 0) is 12.8 Å². The molecule has 0 heterocycles. The average molecular weight is 400 g/mol. The molecule has 5 nitrogen and oxygen atoms in total. The van der Waals surface area contributed by atoms with Crippen LogP contribution in [-0.4, -0.2) is 24.9 Å². The summed E-state index contributed by atoms with van der Waals surface area (Å²) in [4.78, 5) is 8.34. The Morgan fingerprint density at radius 1 is 0.633 bits per heavy atom. The van der Waals surface area contributed by atoms with Gasteiger partial charge in [0.05, 0.1) is 5.84 Å². The number of amidine groups is 1. The summed E-state index contributed by atoms with van der Waals surface area (Å²) < 4.78 is 0. The molecule has 0 amide bonds. The van der Waals surface area contributed by atoms with E-state index in [1.54, 1.807) is 0 Å². The van der Waals surface area contributed by atoms with E-state index < -0.39 is 0 Å². The predicted molar refractivity (Wildman–Crippen MR) is 128 cm³/mol. The number of aliphatic imine (C=N–C) groups is 2. The molecular weight excluding hydrogens is 370 g/mol. The molecule has 0 fully saturated rings. The minimum atomic E-state index is 0.132. The summed E-state index contributed by atoms with van der Waals surface area (Å²) >= 11 is 0. The van der Waals surface area contributed by atoms with Gasteiger partial charge < -0.3 is 17.2 Å². The molecule has 0 aromatic heterocycles. The Kier molecular flexibility index (Phi) is 7.22. The third kappa shape index (κ3) is 6.21. The van der Waals surface area contributed by atoms with Crippen molar-refractivity contribution in [3.05, 3.63) is 83.9 Å². The minimum Gasteiger partial charge on any atom is -0.388 e. The maximum Gasteiger partial charge on any atom is 0.185 e. The highest BCUT2D eigenvalue weighted by molar-refractivity contribution is 5.77. The van der Waals surface area contributed by atoms with Crippen LogP contribution in [0.25, 0.3) is 22.3 Å². The summed E-state index contributed by atoms with van der Waals surface area (Å²) in [6.07, 6.45) is 1.69. The lowest BCUT2D eigenvalue weighted by molar-refractivity contribution is 0.963. The predicted octanol–water partition coefficient (Wildman–Crippen LogP) is 3.76. The number of nitrogens with zero attached hydrogens (tertiary/aromatic N) is 2. The maximum absolute atomic E-state index is 5.62. The van der Waals surface area contributed by atoms with Gasteiger partial charge in [-0.1, -0.05) is 72.8 Å². The first kappa shape index (κ1) is 21.1. The van der Waals surface area contributed by atoms with Crippen molar-refractivity contribution in [1.82, 2.24) is 0 Å². The van der Waals surface area contributed by atoms with Crippen molar-refractivity contribution in [3.63, 3.8) is 0 Å². The number of guanidine groups is 1. The zero-order valence-corrected chi connectivity index (χ0v) is 17.4. The van der Waals surface area contributed by atoms with Crippen LogP contribution in [0.5, 0.6) is 0 Å². The second-order valence-corrected chi connectivity index (χ2v) is 7.31. The van der Waals surface area contributed by atoms with Gasteiger partial charge in [-0.3, -0.25) is 9.98 Å². The van der Waals surface area contributed by atoms with E-state index >= 15 is 0 Å². The van der Waals surface area contributed by atoms with Gasteiger partial charge in [-0.2, -0.15) is 0 Å². The second kappa shape index (κ2) is 10.3. The standard InChI is InChI=1S/C25H29N5/c1-18(26)29-14-12-19-4-2-6-23(16-19)21-8-10-22(11-9-21)24-7-3-5-20(17-24)13-15-30-25(27)28/h2-11,16-17H,12-15H2,1H3,(H2,26,29)(H4,27,28,30). The fourth-order valence-corrected chi connectivity index (χ4v) is 3.34. The Morgan fingerprint density at radius 2 is 1.10 bits per heavy atom. The van der Waals surface area contributed by atoms with Crippen LogP contribution in [0.15, 0.2) is 82.8 Å². The first-order chi connectivity index (χ1) is 14.5. The van der Waals surface area contributed by atoms with Gasteiger partial charge in [0, 0.05) is 13.1 Å². The molecule has 5 heteroatoms. The quantitative estimate of drug-likeness (QED) is 0.397.